The van der Waals surface area contributed by atoms with Crippen molar-refractivity contribution in [1.29, 1.82) is 0 Å². The van der Waals surface area contributed by atoms with Crippen molar-refractivity contribution >= 4 is 29.4 Å². The highest BCUT2D eigenvalue weighted by Crippen LogP contribution is 2.20. The summed E-state index contributed by atoms with van der Waals surface area (Å²) in [6.45, 7) is 10.9. The van der Waals surface area contributed by atoms with Crippen molar-refractivity contribution in [2.75, 3.05) is 59.9 Å². The maximum atomic E-state index is 13.7. The number of nitrogens with two attached hydrogens (primary N) is 2. The Morgan fingerprint density at radius 1 is 1.30 bits per heavy atom. The van der Waals surface area contributed by atoms with Gasteiger partial charge >= 0.3 is 6.17 Å². The van der Waals surface area contributed by atoms with Crippen LogP contribution in [0.3, 0.4) is 0 Å². The summed E-state index contributed by atoms with van der Waals surface area (Å²) in [6.07, 6.45) is 3.97. The number of likely N-dealkylation sites (N-methyl/N-ethyl adjacent to an activating group) is 1. The van der Waals surface area contributed by atoms with Gasteiger partial charge in [0, 0.05) is 39.0 Å². The Bertz CT molecular complexity index is 742. The van der Waals surface area contributed by atoms with Crippen molar-refractivity contribution in [3.05, 3.63) is 0 Å². The number of amides is 1. The van der Waals surface area contributed by atoms with Gasteiger partial charge in [0.25, 0.3) is 0 Å². The Morgan fingerprint density at radius 2 is 2.06 bits per heavy atom. The first-order valence-corrected chi connectivity index (χ1v) is 12.9. The minimum atomic E-state index is -0.785. The number of alkyl halides is 1. The van der Waals surface area contributed by atoms with Crippen LogP contribution in [0.15, 0.2) is 0 Å². The lowest BCUT2D eigenvalue weighted by Gasteiger charge is -2.41. The van der Waals surface area contributed by atoms with Gasteiger partial charge in [0.15, 0.2) is 29.8 Å². The molecule has 6 N–H and O–H groups in total. The Morgan fingerprint density at radius 3 is 2.76 bits per heavy atom. The Balaban J connectivity index is 1.82. The first kappa shape index (κ1) is 26.5. The molecule has 0 bridgehead atoms. The molecule has 3 aliphatic heterocycles. The van der Waals surface area contributed by atoms with Crippen LogP contribution in [-0.4, -0.2) is 126 Å². The first-order valence-electron chi connectivity index (χ1n) is 12.5. The second-order valence-corrected chi connectivity index (χ2v) is 10.5. The van der Waals surface area contributed by atoms with Crippen molar-refractivity contribution in [2.24, 2.45) is 17.4 Å². The van der Waals surface area contributed by atoms with E-state index in [0.29, 0.717) is 12.6 Å². The number of nitrogens with zero attached hydrogens (tertiary/aromatic N) is 4. The third kappa shape index (κ3) is 6.52. The quantitative estimate of drug-likeness (QED) is 0.216. The summed E-state index contributed by atoms with van der Waals surface area (Å²) in [5, 5.41) is 6.70. The van der Waals surface area contributed by atoms with E-state index in [9.17, 15) is 4.79 Å². The standard InChI is InChI=1S/C23H44ClN8O/c1-5-16(2)32-15-17(24)14-30(4)23(32)20(21(25)26)22(33)28-18-13-27-8-7-19(18)31-10-6-9-29(3)11-12-31/h14,17-21,23,27H,5-13,15,25-26H2,1-4H3/q+1/p+1. The van der Waals surface area contributed by atoms with E-state index in [1.165, 1.54) is 5.71 Å². The normalized spacial score (nSPS) is 32.8. The van der Waals surface area contributed by atoms with E-state index in [1.807, 2.05) is 17.8 Å². The minimum Gasteiger partial charge on any atom is -0.350 e. The fourth-order valence-electron chi connectivity index (χ4n) is 5.55. The maximum Gasteiger partial charge on any atom is 0.356 e. The van der Waals surface area contributed by atoms with Gasteiger partial charge in [-0.25, -0.2) is 0 Å². The lowest BCUT2D eigenvalue weighted by atomic mass is 9.95. The molecular formula is C23H45ClN8O+2. The lowest BCUT2D eigenvalue weighted by Crippen LogP contribution is -2.65. The fraction of sp³-hybridized carbons (Fsp3) is 0.870. The topological polar surface area (TPSA) is 106 Å². The maximum absolute atomic E-state index is 13.7. The van der Waals surface area contributed by atoms with Crippen LogP contribution < -0.4 is 22.1 Å². The molecule has 188 valence electrons. The highest BCUT2D eigenvalue weighted by atomic mass is 35.5. The van der Waals surface area contributed by atoms with Crippen LogP contribution in [0.1, 0.15) is 33.1 Å². The van der Waals surface area contributed by atoms with Gasteiger partial charge in [0.05, 0.1) is 12.2 Å². The highest BCUT2D eigenvalue weighted by molar-refractivity contribution is 6.27. The number of rotatable bonds is 6. The van der Waals surface area contributed by atoms with Gasteiger partial charge in [-0.3, -0.25) is 9.69 Å². The van der Waals surface area contributed by atoms with Crippen LogP contribution in [0, 0.1) is 5.92 Å². The van der Waals surface area contributed by atoms with Crippen LogP contribution >= 0.6 is 11.6 Å². The number of hydrogen-bond acceptors (Lipinski definition) is 6. The number of carbonyl (C=O) groups is 1. The van der Waals surface area contributed by atoms with E-state index in [0.717, 1.165) is 58.5 Å². The summed E-state index contributed by atoms with van der Waals surface area (Å²) < 4.78 is 4.22. The van der Waals surface area contributed by atoms with E-state index in [1.54, 1.807) is 0 Å². The molecule has 9 nitrogen and oxygen atoms in total. The first-order chi connectivity index (χ1) is 15.7. The van der Waals surface area contributed by atoms with Gasteiger partial charge < -0.3 is 27.0 Å². The molecule has 2 saturated heterocycles. The molecule has 0 aromatic heterocycles. The molecule has 3 aliphatic rings. The lowest BCUT2D eigenvalue weighted by molar-refractivity contribution is -0.780. The van der Waals surface area contributed by atoms with Crippen LogP contribution in [0.4, 0.5) is 0 Å². The van der Waals surface area contributed by atoms with Crippen molar-refractivity contribution in [1.82, 2.24) is 20.4 Å². The van der Waals surface area contributed by atoms with E-state index in [-0.39, 0.29) is 23.5 Å². The van der Waals surface area contributed by atoms with Crippen LogP contribution in [-0.2, 0) is 4.79 Å². The average Bonchev–Trinajstić information content (AvgIpc) is 2.99. The molecule has 0 aliphatic carbocycles. The molecule has 3 rings (SSSR count). The summed E-state index contributed by atoms with van der Waals surface area (Å²) in [6, 6.07) is 0.346. The fourth-order valence-corrected chi connectivity index (χ4v) is 5.88. The number of nitrogens with one attached hydrogen (secondary N) is 2. The zero-order chi connectivity index (χ0) is 24.1. The molecule has 0 radical (unpaired) electrons. The van der Waals surface area contributed by atoms with Crippen molar-refractivity contribution in [3.8, 4) is 0 Å². The van der Waals surface area contributed by atoms with Gasteiger partial charge in [-0.15, -0.1) is 11.6 Å². The summed E-state index contributed by atoms with van der Waals surface area (Å²) in [5.41, 5.74) is 13.7. The Labute approximate surface area is 204 Å². The van der Waals surface area contributed by atoms with E-state index in [4.69, 9.17) is 23.1 Å². The predicted octanol–water partition coefficient (Wildman–Crippen LogP) is -1.13. The predicted molar refractivity (Wildman–Crippen MR) is 134 cm³/mol. The Hall–Kier alpha value is -1.10. The summed E-state index contributed by atoms with van der Waals surface area (Å²) in [7, 11) is 4.14. The largest absolute Gasteiger partial charge is 0.356 e. The average molecular weight is 485 g/mol. The smallest absolute Gasteiger partial charge is 0.350 e. The third-order valence-corrected chi connectivity index (χ3v) is 7.79. The Kier molecular flexibility index (Phi) is 9.67. The SMILES string of the molecule is CCC(C)=[N+]1CC(Cl)C=[N+](C)C1C(C(=O)NC1CNCCC1N1CCCN(C)CC1)C(N)N. The molecule has 5 atom stereocenters. The number of halogens is 1. The molecule has 2 fully saturated rings. The molecular weight excluding hydrogens is 440 g/mol. The molecule has 5 unspecified atom stereocenters. The van der Waals surface area contributed by atoms with Crippen molar-refractivity contribution < 1.29 is 13.9 Å². The highest BCUT2D eigenvalue weighted by Gasteiger charge is 2.50. The number of piperidine rings is 1. The monoisotopic (exact) mass is 484 g/mol. The molecule has 1 amide bonds. The number of carbonyl (C=O) groups excluding carboxylic acids is 1. The zero-order valence-corrected chi connectivity index (χ0v) is 21.6. The van der Waals surface area contributed by atoms with Crippen LogP contribution in [0.5, 0.6) is 0 Å². The van der Waals surface area contributed by atoms with Crippen LogP contribution in [0.2, 0.25) is 0 Å². The second-order valence-electron chi connectivity index (χ2n) is 9.96. The van der Waals surface area contributed by atoms with Gasteiger partial charge in [-0.2, -0.15) is 9.15 Å². The second kappa shape index (κ2) is 12.0. The summed E-state index contributed by atoms with van der Waals surface area (Å²) >= 11 is 6.49. The summed E-state index contributed by atoms with van der Waals surface area (Å²) in [5.74, 6) is -0.669. The van der Waals surface area contributed by atoms with E-state index < -0.39 is 12.1 Å². The van der Waals surface area contributed by atoms with Gasteiger partial charge in [-0.1, -0.05) is 6.92 Å². The number of hydrogen-bond donors (Lipinski definition) is 4. The van der Waals surface area contributed by atoms with E-state index >= 15 is 0 Å². The van der Waals surface area contributed by atoms with E-state index in [2.05, 4.69) is 45.9 Å². The molecule has 0 spiro atoms. The summed E-state index contributed by atoms with van der Waals surface area (Å²) in [4.78, 5) is 18.7. The van der Waals surface area contributed by atoms with Crippen molar-refractivity contribution in [3.63, 3.8) is 0 Å². The molecule has 3 heterocycles. The third-order valence-electron chi connectivity index (χ3n) is 7.54. The zero-order valence-electron chi connectivity index (χ0n) is 20.8. The molecule has 33 heavy (non-hydrogen) atoms. The van der Waals surface area contributed by atoms with Crippen molar-refractivity contribution in [2.45, 2.75) is 62.9 Å². The molecule has 0 aromatic carbocycles. The minimum absolute atomic E-state index is 0.0271. The van der Waals surface area contributed by atoms with Crippen LogP contribution in [0.25, 0.3) is 0 Å². The van der Waals surface area contributed by atoms with Gasteiger partial charge in [-0.05, 0) is 39.5 Å². The molecule has 10 heteroatoms. The molecule has 0 aromatic rings. The van der Waals surface area contributed by atoms with Gasteiger partial charge in [0.2, 0.25) is 5.91 Å². The molecule has 0 saturated carbocycles. The van der Waals surface area contributed by atoms with Gasteiger partial charge in [0.1, 0.15) is 7.05 Å².